The van der Waals surface area contributed by atoms with Crippen molar-refractivity contribution in [1.29, 1.82) is 0 Å². The second kappa shape index (κ2) is 7.28. The van der Waals surface area contributed by atoms with Gasteiger partial charge in [0.05, 0.1) is 6.61 Å². The van der Waals surface area contributed by atoms with Gasteiger partial charge in [-0.3, -0.25) is 4.79 Å². The lowest BCUT2D eigenvalue weighted by Gasteiger charge is -2.17. The number of anilines is 1. The highest BCUT2D eigenvalue weighted by Gasteiger charge is 2.26. The van der Waals surface area contributed by atoms with E-state index in [0.717, 1.165) is 0 Å². The van der Waals surface area contributed by atoms with E-state index in [0.29, 0.717) is 24.0 Å². The normalized spacial score (nSPS) is 12.5. The Morgan fingerprint density at radius 1 is 1.32 bits per heavy atom. The number of rotatable bonds is 6. The van der Waals surface area contributed by atoms with Gasteiger partial charge in [-0.1, -0.05) is 32.5 Å². The molecular weight excluding hydrogens is 264 g/mol. The van der Waals surface area contributed by atoms with Crippen LogP contribution in [0.3, 0.4) is 0 Å². The van der Waals surface area contributed by atoms with Gasteiger partial charge < -0.3 is 10.5 Å². The van der Waals surface area contributed by atoms with Crippen molar-refractivity contribution in [2.45, 2.75) is 44.5 Å². The Morgan fingerprint density at radius 3 is 2.53 bits per heavy atom. The molecule has 0 aliphatic carbocycles. The number of carbonyl (C=O) groups excluding carboxylic acids is 1. The van der Waals surface area contributed by atoms with Gasteiger partial charge >= 0.3 is 5.97 Å². The number of esters is 1. The van der Waals surface area contributed by atoms with Crippen LogP contribution in [-0.2, 0) is 16.0 Å². The minimum Gasteiger partial charge on any atom is -0.465 e. The minimum absolute atomic E-state index is 0.118. The summed E-state index contributed by atoms with van der Waals surface area (Å²) < 4.78 is 5.06. The predicted octanol–water partition coefficient (Wildman–Crippen LogP) is 1.70. The van der Waals surface area contributed by atoms with Crippen molar-refractivity contribution in [3.63, 3.8) is 0 Å². The Morgan fingerprint density at radius 2 is 2.00 bits per heavy atom. The van der Waals surface area contributed by atoms with Gasteiger partial charge in [0.1, 0.15) is 11.1 Å². The zero-order valence-corrected chi connectivity index (χ0v) is 12.5. The smallest absolute Gasteiger partial charge is 0.319 e. The fourth-order valence-corrected chi connectivity index (χ4v) is 2.39. The molecule has 0 radical (unpaired) electrons. The molecule has 0 aliphatic heterocycles. The van der Waals surface area contributed by atoms with Crippen molar-refractivity contribution >= 4 is 23.7 Å². The zero-order valence-electron chi connectivity index (χ0n) is 11.7. The molecule has 1 unspecified atom stereocenters. The standard InChI is InChI=1S/C12H20N4O2S/c1-5-8-14-11(13)16-12(15-8)19-9(7(3)4)10(17)18-6-2/h7,9H,5-6H2,1-4H3,(H2,13,14,15,16). The quantitative estimate of drug-likeness (QED) is 0.628. The summed E-state index contributed by atoms with van der Waals surface area (Å²) >= 11 is 1.27. The Balaban J connectivity index is 2.90. The van der Waals surface area contributed by atoms with Gasteiger partial charge in [0, 0.05) is 6.42 Å². The maximum Gasteiger partial charge on any atom is 0.319 e. The molecular formula is C12H20N4O2S. The average molecular weight is 284 g/mol. The third-order valence-electron chi connectivity index (χ3n) is 2.35. The van der Waals surface area contributed by atoms with Crippen LogP contribution in [0.5, 0.6) is 0 Å². The lowest BCUT2D eigenvalue weighted by atomic mass is 10.1. The van der Waals surface area contributed by atoms with Gasteiger partial charge in [-0.2, -0.15) is 9.97 Å². The van der Waals surface area contributed by atoms with Crippen LogP contribution in [0.4, 0.5) is 5.95 Å². The van der Waals surface area contributed by atoms with Crippen LogP contribution in [0, 0.1) is 5.92 Å². The van der Waals surface area contributed by atoms with Crippen LogP contribution in [0.1, 0.15) is 33.5 Å². The van der Waals surface area contributed by atoms with E-state index in [1.54, 1.807) is 6.92 Å². The van der Waals surface area contributed by atoms with E-state index in [1.807, 2.05) is 20.8 Å². The average Bonchev–Trinajstić information content (AvgIpc) is 2.35. The summed E-state index contributed by atoms with van der Waals surface area (Å²) in [5, 5.41) is 0.127. The molecule has 0 amide bonds. The summed E-state index contributed by atoms with van der Waals surface area (Å²) in [4.78, 5) is 24.2. The summed E-state index contributed by atoms with van der Waals surface area (Å²) in [6.07, 6.45) is 0.673. The molecule has 0 aromatic carbocycles. The summed E-state index contributed by atoms with van der Waals surface area (Å²) in [5.41, 5.74) is 5.63. The highest BCUT2D eigenvalue weighted by atomic mass is 32.2. The van der Waals surface area contributed by atoms with E-state index in [2.05, 4.69) is 15.0 Å². The summed E-state index contributed by atoms with van der Waals surface area (Å²) in [6, 6.07) is 0. The van der Waals surface area contributed by atoms with Gasteiger partial charge in [-0.15, -0.1) is 0 Å². The van der Waals surface area contributed by atoms with Crippen molar-refractivity contribution in [3.8, 4) is 0 Å². The summed E-state index contributed by atoms with van der Waals surface area (Å²) in [6.45, 7) is 8.01. The Bertz CT molecular complexity index is 440. The SMILES string of the molecule is CCOC(=O)C(Sc1nc(N)nc(CC)n1)C(C)C. The van der Waals surface area contributed by atoms with Gasteiger partial charge in [0.2, 0.25) is 5.95 Å². The Labute approximate surface area is 117 Å². The van der Waals surface area contributed by atoms with Crippen LogP contribution in [0.2, 0.25) is 0 Å². The molecule has 0 saturated heterocycles. The second-order valence-electron chi connectivity index (χ2n) is 4.28. The number of carbonyl (C=O) groups is 1. The van der Waals surface area contributed by atoms with Crippen molar-refractivity contribution in [3.05, 3.63) is 5.82 Å². The van der Waals surface area contributed by atoms with E-state index in [-0.39, 0.29) is 23.1 Å². The summed E-state index contributed by atoms with van der Waals surface area (Å²) in [7, 11) is 0. The van der Waals surface area contributed by atoms with Crippen LogP contribution >= 0.6 is 11.8 Å². The second-order valence-corrected chi connectivity index (χ2v) is 5.39. The molecule has 1 aromatic heterocycles. The maximum atomic E-state index is 11.9. The molecule has 1 heterocycles. The van der Waals surface area contributed by atoms with Crippen molar-refractivity contribution in [2.75, 3.05) is 12.3 Å². The predicted molar refractivity (Wildman–Crippen MR) is 74.7 cm³/mol. The largest absolute Gasteiger partial charge is 0.465 e. The Kier molecular flexibility index (Phi) is 6.01. The highest BCUT2D eigenvalue weighted by Crippen LogP contribution is 2.27. The van der Waals surface area contributed by atoms with E-state index in [9.17, 15) is 4.79 Å². The van der Waals surface area contributed by atoms with E-state index in [1.165, 1.54) is 11.8 Å². The molecule has 1 aromatic rings. The molecule has 0 aliphatic rings. The first-order valence-corrected chi connectivity index (χ1v) is 7.19. The number of aromatic nitrogens is 3. The number of nitrogens with zero attached hydrogens (tertiary/aromatic N) is 3. The van der Waals surface area contributed by atoms with E-state index in [4.69, 9.17) is 10.5 Å². The third kappa shape index (κ3) is 4.66. The topological polar surface area (TPSA) is 91.0 Å². The minimum atomic E-state index is -0.341. The molecule has 0 spiro atoms. The van der Waals surface area contributed by atoms with Gasteiger partial charge in [-0.05, 0) is 12.8 Å². The zero-order chi connectivity index (χ0) is 14.4. The monoisotopic (exact) mass is 284 g/mol. The lowest BCUT2D eigenvalue weighted by Crippen LogP contribution is -2.26. The van der Waals surface area contributed by atoms with E-state index >= 15 is 0 Å². The molecule has 106 valence electrons. The number of thioether (sulfide) groups is 1. The highest BCUT2D eigenvalue weighted by molar-refractivity contribution is 8.00. The number of aryl methyl sites for hydroxylation is 1. The van der Waals surface area contributed by atoms with Gasteiger partial charge in [0.25, 0.3) is 0 Å². The number of hydrogen-bond acceptors (Lipinski definition) is 7. The van der Waals surface area contributed by atoms with Crippen molar-refractivity contribution < 1.29 is 9.53 Å². The first-order chi connectivity index (χ1) is 8.97. The van der Waals surface area contributed by atoms with Crippen LogP contribution < -0.4 is 5.73 Å². The molecule has 2 N–H and O–H groups in total. The van der Waals surface area contributed by atoms with Gasteiger partial charge in [0.15, 0.2) is 5.16 Å². The molecule has 7 heteroatoms. The first kappa shape index (κ1) is 15.7. The first-order valence-electron chi connectivity index (χ1n) is 6.31. The molecule has 1 atom stereocenters. The molecule has 0 saturated carbocycles. The molecule has 0 fully saturated rings. The summed E-state index contributed by atoms with van der Waals surface area (Å²) in [5.74, 6) is 0.675. The third-order valence-corrected chi connectivity index (χ3v) is 3.74. The number of hydrogen-bond donors (Lipinski definition) is 1. The van der Waals surface area contributed by atoms with Crippen LogP contribution in [-0.4, -0.2) is 32.8 Å². The van der Waals surface area contributed by atoms with Crippen molar-refractivity contribution in [1.82, 2.24) is 15.0 Å². The molecule has 6 nitrogen and oxygen atoms in total. The van der Waals surface area contributed by atoms with Gasteiger partial charge in [-0.25, -0.2) is 4.98 Å². The van der Waals surface area contributed by atoms with E-state index < -0.39 is 0 Å². The van der Waals surface area contributed by atoms with Crippen LogP contribution in [0.25, 0.3) is 0 Å². The fourth-order valence-electron chi connectivity index (χ4n) is 1.42. The van der Waals surface area contributed by atoms with Crippen LogP contribution in [0.15, 0.2) is 5.16 Å². The lowest BCUT2D eigenvalue weighted by molar-refractivity contribution is -0.143. The number of ether oxygens (including phenoxy) is 1. The number of nitrogen functional groups attached to an aromatic ring is 1. The molecule has 0 bridgehead atoms. The molecule has 19 heavy (non-hydrogen) atoms. The fraction of sp³-hybridized carbons (Fsp3) is 0.667. The Hall–Kier alpha value is -1.37. The maximum absolute atomic E-state index is 11.9. The number of nitrogens with two attached hydrogens (primary N) is 1. The van der Waals surface area contributed by atoms with Crippen molar-refractivity contribution in [2.24, 2.45) is 5.92 Å². The molecule has 1 rings (SSSR count).